The first-order chi connectivity index (χ1) is 14.2. The van der Waals surface area contributed by atoms with E-state index in [-0.39, 0.29) is 29.4 Å². The van der Waals surface area contributed by atoms with E-state index in [1.165, 1.54) is 25.3 Å². The topological polar surface area (TPSA) is 57.4 Å². The van der Waals surface area contributed by atoms with Gasteiger partial charge in [-0.2, -0.15) is 13.2 Å². The van der Waals surface area contributed by atoms with E-state index in [1.54, 1.807) is 18.2 Å². The minimum absolute atomic E-state index is 0.0515. The number of aromatic amines is 1. The number of rotatable bonds is 2. The van der Waals surface area contributed by atoms with Crippen molar-refractivity contribution in [2.45, 2.75) is 18.6 Å². The van der Waals surface area contributed by atoms with Crippen LogP contribution in [0.3, 0.4) is 0 Å². The predicted molar refractivity (Wildman–Crippen MR) is 110 cm³/mol. The van der Waals surface area contributed by atoms with Gasteiger partial charge in [0.1, 0.15) is 5.75 Å². The lowest BCUT2D eigenvalue weighted by atomic mass is 9.97. The molecule has 0 fully saturated rings. The SMILES string of the molecule is COc1ccc2[nH]c3c(c2c1)CCN(C(=O)Nc1cc(Cl)ccc1Cl)C3C(F)(F)F. The summed E-state index contributed by atoms with van der Waals surface area (Å²) in [7, 11) is 1.49. The summed E-state index contributed by atoms with van der Waals surface area (Å²) in [5.41, 5.74) is 1.16. The number of hydrogen-bond donors (Lipinski definition) is 2. The van der Waals surface area contributed by atoms with Crippen LogP contribution in [0.15, 0.2) is 36.4 Å². The Balaban J connectivity index is 1.73. The van der Waals surface area contributed by atoms with E-state index in [0.717, 1.165) is 4.90 Å². The van der Waals surface area contributed by atoms with Crippen LogP contribution in [0.4, 0.5) is 23.7 Å². The monoisotopic (exact) mass is 457 g/mol. The number of methoxy groups -OCH3 is 1. The highest BCUT2D eigenvalue weighted by Gasteiger charge is 2.50. The quantitative estimate of drug-likeness (QED) is 0.482. The molecule has 0 radical (unpaired) electrons. The van der Waals surface area contributed by atoms with Crippen molar-refractivity contribution in [1.29, 1.82) is 0 Å². The number of carbonyl (C=O) groups excluding carboxylic acids is 1. The van der Waals surface area contributed by atoms with Gasteiger partial charge in [-0.3, -0.25) is 0 Å². The van der Waals surface area contributed by atoms with Crippen molar-refractivity contribution in [3.8, 4) is 5.75 Å². The van der Waals surface area contributed by atoms with E-state index < -0.39 is 18.2 Å². The summed E-state index contributed by atoms with van der Waals surface area (Å²) in [5, 5.41) is 3.56. The molecule has 3 aromatic rings. The van der Waals surface area contributed by atoms with Gasteiger partial charge in [0.2, 0.25) is 0 Å². The Labute approximate surface area is 179 Å². The van der Waals surface area contributed by atoms with Crippen molar-refractivity contribution in [2.24, 2.45) is 0 Å². The maximum atomic E-state index is 14.1. The van der Waals surface area contributed by atoms with Crippen molar-refractivity contribution in [3.05, 3.63) is 57.7 Å². The van der Waals surface area contributed by atoms with E-state index in [0.29, 0.717) is 27.2 Å². The van der Waals surface area contributed by atoms with Gasteiger partial charge in [0.25, 0.3) is 0 Å². The normalized spacial score (nSPS) is 16.5. The fraction of sp³-hybridized carbons (Fsp3) is 0.250. The number of alkyl halides is 3. The number of anilines is 1. The Morgan fingerprint density at radius 1 is 1.23 bits per heavy atom. The van der Waals surface area contributed by atoms with Crippen LogP contribution in [-0.2, 0) is 6.42 Å². The van der Waals surface area contributed by atoms with Gasteiger partial charge in [-0.25, -0.2) is 4.79 Å². The Morgan fingerprint density at radius 2 is 2.00 bits per heavy atom. The van der Waals surface area contributed by atoms with Crippen LogP contribution in [0.25, 0.3) is 10.9 Å². The number of amides is 2. The molecule has 0 spiro atoms. The van der Waals surface area contributed by atoms with E-state index in [9.17, 15) is 18.0 Å². The fourth-order valence-electron chi connectivity index (χ4n) is 3.73. The van der Waals surface area contributed by atoms with Crippen molar-refractivity contribution in [2.75, 3.05) is 19.0 Å². The van der Waals surface area contributed by atoms with Crippen LogP contribution in [0.2, 0.25) is 10.0 Å². The summed E-state index contributed by atoms with van der Waals surface area (Å²) in [6.45, 7) is -0.120. The first-order valence-electron chi connectivity index (χ1n) is 8.97. The second-order valence-electron chi connectivity index (χ2n) is 6.87. The average molecular weight is 458 g/mol. The number of halogens is 5. The maximum absolute atomic E-state index is 14.1. The molecule has 158 valence electrons. The number of H-pyrrole nitrogens is 1. The highest BCUT2D eigenvalue weighted by atomic mass is 35.5. The third-order valence-electron chi connectivity index (χ3n) is 5.08. The molecule has 1 aromatic heterocycles. The third-order valence-corrected chi connectivity index (χ3v) is 5.64. The second-order valence-corrected chi connectivity index (χ2v) is 7.71. The molecule has 1 atom stereocenters. The van der Waals surface area contributed by atoms with Crippen molar-refractivity contribution >= 4 is 45.8 Å². The smallest absolute Gasteiger partial charge is 0.414 e. The van der Waals surface area contributed by atoms with Crippen LogP contribution in [-0.4, -0.2) is 35.7 Å². The lowest BCUT2D eigenvalue weighted by molar-refractivity contribution is -0.180. The van der Waals surface area contributed by atoms with Gasteiger partial charge in [0, 0.05) is 22.5 Å². The lowest BCUT2D eigenvalue weighted by Crippen LogP contribution is -2.48. The number of benzene rings is 2. The largest absolute Gasteiger partial charge is 0.497 e. The second kappa shape index (κ2) is 7.59. The molecule has 0 aliphatic carbocycles. The van der Waals surface area contributed by atoms with E-state index in [2.05, 4.69) is 10.3 Å². The maximum Gasteiger partial charge on any atom is 0.414 e. The molecule has 2 amide bonds. The van der Waals surface area contributed by atoms with Gasteiger partial charge >= 0.3 is 12.2 Å². The van der Waals surface area contributed by atoms with Crippen LogP contribution in [0, 0.1) is 0 Å². The number of urea groups is 1. The molecule has 10 heteroatoms. The molecule has 30 heavy (non-hydrogen) atoms. The average Bonchev–Trinajstić information content (AvgIpc) is 3.06. The molecule has 4 rings (SSSR count). The molecular formula is C20H16Cl2F3N3O2. The molecule has 1 unspecified atom stereocenters. The number of carbonyl (C=O) groups is 1. The highest BCUT2D eigenvalue weighted by Crippen LogP contribution is 2.44. The van der Waals surface area contributed by atoms with Gasteiger partial charge < -0.3 is 19.9 Å². The number of ether oxygens (including phenoxy) is 1. The molecule has 2 heterocycles. The Morgan fingerprint density at radius 3 is 2.70 bits per heavy atom. The van der Waals surface area contributed by atoms with Gasteiger partial charge in [-0.05, 0) is 48.4 Å². The number of aromatic nitrogens is 1. The molecule has 0 saturated heterocycles. The number of nitrogens with one attached hydrogen (secondary N) is 2. The zero-order valence-electron chi connectivity index (χ0n) is 15.6. The summed E-state index contributed by atoms with van der Waals surface area (Å²) < 4.78 is 47.4. The third kappa shape index (κ3) is 3.65. The summed E-state index contributed by atoms with van der Waals surface area (Å²) in [5.74, 6) is 0.545. The molecular weight excluding hydrogens is 442 g/mol. The number of fused-ring (bicyclic) bond motifs is 3. The lowest BCUT2D eigenvalue weighted by Gasteiger charge is -2.36. The highest BCUT2D eigenvalue weighted by molar-refractivity contribution is 6.35. The minimum Gasteiger partial charge on any atom is -0.497 e. The summed E-state index contributed by atoms with van der Waals surface area (Å²) in [6.07, 6.45) is -4.43. The standard InChI is InChI=1S/C20H16Cl2F3N3O2/c1-30-11-3-5-15-13(9-11)12-6-7-28(18(17(12)26-15)20(23,24)25)19(29)27-16-8-10(21)2-4-14(16)22/h2-5,8-9,18,26H,6-7H2,1H3,(H,27,29). The molecule has 1 aliphatic heterocycles. The molecule has 0 saturated carbocycles. The summed E-state index contributed by atoms with van der Waals surface area (Å²) >= 11 is 11.9. The van der Waals surface area contributed by atoms with E-state index >= 15 is 0 Å². The predicted octanol–water partition coefficient (Wildman–Crippen LogP) is 6.18. The van der Waals surface area contributed by atoms with Crippen LogP contribution in [0.1, 0.15) is 17.3 Å². The van der Waals surface area contributed by atoms with Crippen molar-refractivity contribution in [3.63, 3.8) is 0 Å². The molecule has 5 nitrogen and oxygen atoms in total. The number of hydrogen-bond acceptors (Lipinski definition) is 2. The zero-order valence-corrected chi connectivity index (χ0v) is 17.1. The van der Waals surface area contributed by atoms with Crippen molar-refractivity contribution < 1.29 is 22.7 Å². The first kappa shape index (κ1) is 20.7. The van der Waals surface area contributed by atoms with Gasteiger partial charge in [-0.1, -0.05) is 23.2 Å². The van der Waals surface area contributed by atoms with E-state index in [1.807, 2.05) is 0 Å². The van der Waals surface area contributed by atoms with Crippen LogP contribution in [0.5, 0.6) is 5.75 Å². The van der Waals surface area contributed by atoms with E-state index in [4.69, 9.17) is 27.9 Å². The fourth-order valence-corrected chi connectivity index (χ4v) is 4.07. The Hall–Kier alpha value is -2.58. The summed E-state index contributed by atoms with van der Waals surface area (Å²) in [4.78, 5) is 16.4. The first-order valence-corrected chi connectivity index (χ1v) is 9.72. The minimum atomic E-state index is -4.68. The van der Waals surface area contributed by atoms with Gasteiger partial charge in [-0.15, -0.1) is 0 Å². The van der Waals surface area contributed by atoms with Crippen molar-refractivity contribution in [1.82, 2.24) is 9.88 Å². The summed E-state index contributed by atoms with van der Waals surface area (Å²) in [6, 6.07) is 6.34. The zero-order chi connectivity index (χ0) is 21.6. The Kier molecular flexibility index (Phi) is 5.23. The molecule has 2 aromatic carbocycles. The molecule has 1 aliphatic rings. The molecule has 0 bridgehead atoms. The van der Waals surface area contributed by atoms with Gasteiger partial charge in [0.15, 0.2) is 6.04 Å². The van der Waals surface area contributed by atoms with Gasteiger partial charge in [0.05, 0.1) is 23.5 Å². The molecule has 2 N–H and O–H groups in total. The number of nitrogens with zero attached hydrogens (tertiary/aromatic N) is 1. The van der Waals surface area contributed by atoms with Crippen LogP contribution < -0.4 is 10.1 Å². The van der Waals surface area contributed by atoms with Crippen LogP contribution >= 0.6 is 23.2 Å². The Bertz CT molecular complexity index is 1130.